The molecule has 0 unspecified atom stereocenters. The van der Waals surface area contributed by atoms with Crippen molar-refractivity contribution in [3.63, 3.8) is 0 Å². The lowest BCUT2D eigenvalue weighted by Gasteiger charge is -2.15. The number of carbonyl (C=O) groups is 3. The normalized spacial score (nSPS) is 13.7. The summed E-state index contributed by atoms with van der Waals surface area (Å²) in [6.45, 7) is 2.30. The molecule has 23 heavy (non-hydrogen) atoms. The molecule has 126 valence electrons. The number of hydrogen-bond donors (Lipinski definition) is 2. The lowest BCUT2D eigenvalue weighted by atomic mass is 10.2. The molecule has 0 spiro atoms. The van der Waals surface area contributed by atoms with Gasteiger partial charge in [-0.1, -0.05) is 0 Å². The van der Waals surface area contributed by atoms with Gasteiger partial charge in [-0.05, 0) is 32.3 Å². The number of amides is 2. The molecule has 1 fully saturated rings. The summed E-state index contributed by atoms with van der Waals surface area (Å²) >= 11 is 0. The van der Waals surface area contributed by atoms with Crippen LogP contribution in [0.15, 0.2) is 10.5 Å². The second-order valence-electron chi connectivity index (χ2n) is 5.91. The molecule has 2 N–H and O–H groups in total. The lowest BCUT2D eigenvalue weighted by Crippen LogP contribution is -2.29. The molecule has 1 aromatic heterocycles. The molecule has 2 rings (SSSR count). The van der Waals surface area contributed by atoms with Crippen LogP contribution >= 0.6 is 0 Å². The van der Waals surface area contributed by atoms with Crippen LogP contribution in [0.2, 0.25) is 0 Å². The molecule has 2 amide bonds. The Morgan fingerprint density at radius 2 is 2.09 bits per heavy atom. The van der Waals surface area contributed by atoms with Crippen molar-refractivity contribution >= 4 is 17.8 Å². The van der Waals surface area contributed by atoms with E-state index >= 15 is 0 Å². The van der Waals surface area contributed by atoms with Gasteiger partial charge in [0.05, 0.1) is 6.54 Å². The maximum Gasteiger partial charge on any atom is 0.339 e. The summed E-state index contributed by atoms with van der Waals surface area (Å²) in [4.78, 5) is 35.9. The molecule has 0 aromatic carbocycles. The Hall–Kier alpha value is -2.31. The van der Waals surface area contributed by atoms with Crippen LogP contribution in [0, 0.1) is 12.8 Å². The van der Waals surface area contributed by atoms with E-state index in [1.54, 1.807) is 14.0 Å². The Kier molecular flexibility index (Phi) is 5.41. The number of carboxylic acids is 1. The van der Waals surface area contributed by atoms with E-state index in [4.69, 9.17) is 9.52 Å². The predicted molar refractivity (Wildman–Crippen MR) is 81.8 cm³/mol. The number of rotatable bonds is 8. The molecule has 0 radical (unpaired) electrons. The van der Waals surface area contributed by atoms with E-state index in [0.717, 1.165) is 12.8 Å². The number of furan rings is 1. The number of nitrogens with zero attached hydrogens (tertiary/aromatic N) is 1. The van der Waals surface area contributed by atoms with Crippen molar-refractivity contribution in [1.82, 2.24) is 10.2 Å². The molecule has 0 bridgehead atoms. The van der Waals surface area contributed by atoms with E-state index in [9.17, 15) is 14.4 Å². The van der Waals surface area contributed by atoms with Gasteiger partial charge in [-0.15, -0.1) is 0 Å². The van der Waals surface area contributed by atoms with Crippen molar-refractivity contribution in [2.75, 3.05) is 13.6 Å². The number of hydrogen-bond acceptors (Lipinski definition) is 4. The van der Waals surface area contributed by atoms with Crippen LogP contribution in [0.25, 0.3) is 0 Å². The van der Waals surface area contributed by atoms with Crippen LogP contribution in [-0.4, -0.2) is 41.4 Å². The first-order chi connectivity index (χ1) is 10.9. The first-order valence-corrected chi connectivity index (χ1v) is 7.72. The third kappa shape index (κ3) is 4.84. The summed E-state index contributed by atoms with van der Waals surface area (Å²) in [5.74, 6) is -0.0829. The number of carbonyl (C=O) groups excluding carboxylic acids is 2. The molecule has 0 atom stereocenters. The molecule has 0 saturated heterocycles. The highest BCUT2D eigenvalue weighted by Gasteiger charge is 2.29. The maximum atomic E-state index is 12.0. The minimum Gasteiger partial charge on any atom is -0.478 e. The summed E-state index contributed by atoms with van der Waals surface area (Å²) in [7, 11) is 1.64. The smallest absolute Gasteiger partial charge is 0.339 e. The van der Waals surface area contributed by atoms with E-state index < -0.39 is 5.97 Å². The van der Waals surface area contributed by atoms with E-state index in [1.165, 1.54) is 11.0 Å². The third-order valence-corrected chi connectivity index (χ3v) is 3.83. The van der Waals surface area contributed by atoms with Crippen molar-refractivity contribution in [2.45, 2.75) is 39.2 Å². The first kappa shape index (κ1) is 17.1. The zero-order valence-electron chi connectivity index (χ0n) is 13.4. The van der Waals surface area contributed by atoms with Gasteiger partial charge < -0.3 is 19.7 Å². The molecule has 1 aliphatic carbocycles. The van der Waals surface area contributed by atoms with Crippen molar-refractivity contribution in [3.8, 4) is 0 Å². The molecule has 7 heteroatoms. The Morgan fingerprint density at radius 1 is 1.39 bits per heavy atom. The third-order valence-electron chi connectivity index (χ3n) is 3.83. The first-order valence-electron chi connectivity index (χ1n) is 7.72. The molecule has 0 aliphatic heterocycles. The van der Waals surface area contributed by atoms with E-state index in [2.05, 4.69) is 5.32 Å². The Balaban J connectivity index is 1.72. The van der Waals surface area contributed by atoms with Crippen LogP contribution in [0.1, 0.15) is 47.6 Å². The van der Waals surface area contributed by atoms with E-state index in [0.29, 0.717) is 30.9 Å². The number of aromatic carboxylic acids is 1. The lowest BCUT2D eigenvalue weighted by molar-refractivity contribution is -0.131. The van der Waals surface area contributed by atoms with E-state index in [1.807, 2.05) is 0 Å². The van der Waals surface area contributed by atoms with Gasteiger partial charge in [0, 0.05) is 25.9 Å². The molecule has 7 nitrogen and oxygen atoms in total. The highest BCUT2D eigenvalue weighted by atomic mass is 16.4. The van der Waals surface area contributed by atoms with Gasteiger partial charge in [0.2, 0.25) is 11.8 Å². The highest BCUT2D eigenvalue weighted by molar-refractivity contribution is 5.88. The summed E-state index contributed by atoms with van der Waals surface area (Å²) < 4.78 is 5.36. The minimum absolute atomic E-state index is 0.0726. The number of carboxylic acid groups (broad SMARTS) is 1. The summed E-state index contributed by atoms with van der Waals surface area (Å²) in [5, 5.41) is 11.8. The fourth-order valence-corrected chi connectivity index (χ4v) is 2.29. The zero-order valence-corrected chi connectivity index (χ0v) is 13.4. The van der Waals surface area contributed by atoms with Crippen LogP contribution in [0.3, 0.4) is 0 Å². The van der Waals surface area contributed by atoms with Gasteiger partial charge in [0.15, 0.2) is 0 Å². The topological polar surface area (TPSA) is 99.9 Å². The van der Waals surface area contributed by atoms with Gasteiger partial charge in [-0.25, -0.2) is 4.79 Å². The van der Waals surface area contributed by atoms with Gasteiger partial charge in [0.25, 0.3) is 0 Å². The zero-order chi connectivity index (χ0) is 17.0. The number of aryl methyl sites for hydroxylation is 1. The quantitative estimate of drug-likeness (QED) is 0.707. The van der Waals surface area contributed by atoms with Crippen LogP contribution in [0.5, 0.6) is 0 Å². The predicted octanol–water partition coefficient (Wildman–Crippen LogP) is 1.55. The summed E-state index contributed by atoms with van der Waals surface area (Å²) in [6, 6.07) is 1.44. The maximum absolute atomic E-state index is 12.0. The van der Waals surface area contributed by atoms with Crippen LogP contribution < -0.4 is 5.32 Å². The fraction of sp³-hybridized carbons (Fsp3) is 0.562. The highest BCUT2D eigenvalue weighted by Crippen LogP contribution is 2.28. The van der Waals surface area contributed by atoms with Crippen molar-refractivity contribution in [1.29, 1.82) is 0 Å². The average Bonchev–Trinajstić information content (AvgIpc) is 3.27. The monoisotopic (exact) mass is 322 g/mol. The molecule has 1 aromatic rings. The largest absolute Gasteiger partial charge is 0.478 e. The minimum atomic E-state index is -1.04. The SMILES string of the molecule is Cc1oc(CN(C)C(=O)CCCNC(=O)C2CC2)cc1C(=O)O. The van der Waals surface area contributed by atoms with Gasteiger partial charge in [-0.3, -0.25) is 9.59 Å². The molecule has 1 aliphatic rings. The standard InChI is InChI=1S/C16H22N2O5/c1-10-13(16(21)22)8-12(23-10)9-18(2)14(19)4-3-7-17-15(20)11-5-6-11/h8,11H,3-7,9H2,1-2H3,(H,17,20)(H,21,22). The molecular weight excluding hydrogens is 300 g/mol. The van der Waals surface area contributed by atoms with Crippen LogP contribution in [0.4, 0.5) is 0 Å². The number of nitrogens with one attached hydrogen (secondary N) is 1. The van der Waals surface area contributed by atoms with Gasteiger partial charge in [-0.2, -0.15) is 0 Å². The van der Waals surface area contributed by atoms with Crippen molar-refractivity contribution in [2.24, 2.45) is 5.92 Å². The van der Waals surface area contributed by atoms with Crippen molar-refractivity contribution < 1.29 is 23.9 Å². The second-order valence-corrected chi connectivity index (χ2v) is 5.91. The van der Waals surface area contributed by atoms with Gasteiger partial charge >= 0.3 is 5.97 Å². The average molecular weight is 322 g/mol. The second kappa shape index (κ2) is 7.30. The van der Waals surface area contributed by atoms with Crippen molar-refractivity contribution in [3.05, 3.63) is 23.2 Å². The van der Waals surface area contributed by atoms with Gasteiger partial charge in [0.1, 0.15) is 17.1 Å². The Morgan fingerprint density at radius 3 is 2.65 bits per heavy atom. The molecule has 1 saturated carbocycles. The molecule has 1 heterocycles. The fourth-order valence-electron chi connectivity index (χ4n) is 2.29. The van der Waals surface area contributed by atoms with Crippen LogP contribution in [-0.2, 0) is 16.1 Å². The summed E-state index contributed by atoms with van der Waals surface area (Å²) in [6.07, 6.45) is 2.84. The Bertz CT molecular complexity index is 604. The van der Waals surface area contributed by atoms with E-state index in [-0.39, 0.29) is 29.8 Å². The molecular formula is C16H22N2O5. The summed E-state index contributed by atoms with van der Waals surface area (Å²) in [5.41, 5.74) is 0.114. The Labute approximate surface area is 134 Å².